The molecule has 1 saturated heterocycles. The molecular formula is C17H29NO3. The molecule has 2 rings (SSSR count). The Balaban J connectivity index is 1.97. The first-order chi connectivity index (χ1) is 9.79. The highest BCUT2D eigenvalue weighted by atomic mass is 16.4. The lowest BCUT2D eigenvalue weighted by Gasteiger charge is -2.41. The number of amides is 1. The molecule has 4 nitrogen and oxygen atoms in total. The van der Waals surface area contributed by atoms with E-state index in [2.05, 4.69) is 13.8 Å². The van der Waals surface area contributed by atoms with Crippen LogP contribution in [0.2, 0.25) is 0 Å². The summed E-state index contributed by atoms with van der Waals surface area (Å²) < 4.78 is 0. The highest BCUT2D eigenvalue weighted by Gasteiger charge is 2.37. The van der Waals surface area contributed by atoms with Crippen LogP contribution in [0.25, 0.3) is 0 Å². The highest BCUT2D eigenvalue weighted by Crippen LogP contribution is 2.42. The van der Waals surface area contributed by atoms with E-state index in [4.69, 9.17) is 0 Å². The Hall–Kier alpha value is -1.06. The molecule has 1 saturated carbocycles. The summed E-state index contributed by atoms with van der Waals surface area (Å²) in [6, 6.07) is 0. The monoisotopic (exact) mass is 295 g/mol. The molecule has 1 heterocycles. The third kappa shape index (κ3) is 3.98. The molecular weight excluding hydrogens is 266 g/mol. The molecule has 0 aromatic heterocycles. The summed E-state index contributed by atoms with van der Waals surface area (Å²) in [5.74, 6) is -0.274. The molecule has 1 amide bonds. The molecule has 21 heavy (non-hydrogen) atoms. The number of piperidine rings is 1. The Labute approximate surface area is 127 Å². The largest absolute Gasteiger partial charge is 0.481 e. The van der Waals surface area contributed by atoms with Gasteiger partial charge in [0.2, 0.25) is 5.91 Å². The van der Waals surface area contributed by atoms with Gasteiger partial charge in [0.05, 0.1) is 5.92 Å². The van der Waals surface area contributed by atoms with Gasteiger partial charge < -0.3 is 10.0 Å². The summed E-state index contributed by atoms with van der Waals surface area (Å²) in [4.78, 5) is 25.6. The van der Waals surface area contributed by atoms with Crippen LogP contribution in [0.15, 0.2) is 0 Å². The average molecular weight is 295 g/mol. The average Bonchev–Trinajstić information content (AvgIpc) is 2.40. The summed E-state index contributed by atoms with van der Waals surface area (Å²) in [7, 11) is 0. The molecule has 2 fully saturated rings. The lowest BCUT2D eigenvalue weighted by atomic mass is 9.67. The van der Waals surface area contributed by atoms with Crippen molar-refractivity contribution in [2.75, 3.05) is 13.1 Å². The molecule has 1 aliphatic heterocycles. The number of aliphatic carboxylic acids is 1. The minimum absolute atomic E-state index is 0.160. The smallest absolute Gasteiger partial charge is 0.308 e. The highest BCUT2D eigenvalue weighted by molar-refractivity contribution is 5.78. The SMILES string of the molecule is CC1CC(C(=O)O)CN(C(=O)CC2CCCCC2(C)C)C1. The maximum atomic E-state index is 12.6. The Bertz CT molecular complexity index is 405. The lowest BCUT2D eigenvalue weighted by molar-refractivity contribution is -0.147. The zero-order valence-corrected chi connectivity index (χ0v) is 13.6. The number of hydrogen-bond donors (Lipinski definition) is 1. The predicted molar refractivity (Wildman–Crippen MR) is 81.8 cm³/mol. The minimum atomic E-state index is -0.766. The van der Waals surface area contributed by atoms with E-state index in [0.29, 0.717) is 25.3 Å². The molecule has 1 N–H and O–H groups in total. The van der Waals surface area contributed by atoms with Crippen LogP contribution in [0, 0.1) is 23.2 Å². The first kappa shape index (κ1) is 16.3. The van der Waals surface area contributed by atoms with Crippen molar-refractivity contribution in [1.29, 1.82) is 0 Å². The van der Waals surface area contributed by atoms with E-state index in [1.54, 1.807) is 4.90 Å². The van der Waals surface area contributed by atoms with Crippen molar-refractivity contribution in [1.82, 2.24) is 4.90 Å². The van der Waals surface area contributed by atoms with Gasteiger partial charge in [-0.3, -0.25) is 9.59 Å². The lowest BCUT2D eigenvalue weighted by Crippen LogP contribution is -2.46. The predicted octanol–water partition coefficient (Wildman–Crippen LogP) is 3.16. The molecule has 0 bridgehead atoms. The van der Waals surface area contributed by atoms with Gasteiger partial charge in [-0.2, -0.15) is 0 Å². The Morgan fingerprint density at radius 3 is 2.57 bits per heavy atom. The Morgan fingerprint density at radius 1 is 1.24 bits per heavy atom. The van der Waals surface area contributed by atoms with Crippen LogP contribution in [-0.2, 0) is 9.59 Å². The maximum absolute atomic E-state index is 12.6. The van der Waals surface area contributed by atoms with Crippen molar-refractivity contribution in [2.24, 2.45) is 23.2 Å². The van der Waals surface area contributed by atoms with E-state index in [1.807, 2.05) is 6.92 Å². The maximum Gasteiger partial charge on any atom is 0.308 e. The Kier molecular flexibility index (Phi) is 4.95. The number of carbonyl (C=O) groups is 2. The number of carbonyl (C=O) groups excluding carboxylic acids is 1. The summed E-state index contributed by atoms with van der Waals surface area (Å²) in [6.45, 7) is 7.69. The van der Waals surface area contributed by atoms with Crippen LogP contribution in [-0.4, -0.2) is 35.0 Å². The van der Waals surface area contributed by atoms with Crippen molar-refractivity contribution < 1.29 is 14.7 Å². The molecule has 0 aromatic carbocycles. The zero-order valence-electron chi connectivity index (χ0n) is 13.6. The number of hydrogen-bond acceptors (Lipinski definition) is 2. The van der Waals surface area contributed by atoms with Gasteiger partial charge in [-0.1, -0.05) is 33.6 Å². The van der Waals surface area contributed by atoms with Crippen LogP contribution in [0.1, 0.15) is 59.3 Å². The van der Waals surface area contributed by atoms with E-state index < -0.39 is 11.9 Å². The fraction of sp³-hybridized carbons (Fsp3) is 0.882. The minimum Gasteiger partial charge on any atom is -0.481 e. The third-order valence-corrected chi connectivity index (χ3v) is 5.51. The molecule has 0 radical (unpaired) electrons. The molecule has 0 aromatic rings. The number of rotatable bonds is 3. The molecule has 0 spiro atoms. The van der Waals surface area contributed by atoms with Crippen LogP contribution in [0.3, 0.4) is 0 Å². The van der Waals surface area contributed by atoms with Gasteiger partial charge in [0.1, 0.15) is 0 Å². The van der Waals surface area contributed by atoms with E-state index in [0.717, 1.165) is 13.0 Å². The first-order valence-corrected chi connectivity index (χ1v) is 8.30. The quantitative estimate of drug-likeness (QED) is 0.870. The number of carboxylic acid groups (broad SMARTS) is 1. The number of nitrogens with zero attached hydrogens (tertiary/aromatic N) is 1. The van der Waals surface area contributed by atoms with Gasteiger partial charge in [-0.15, -0.1) is 0 Å². The van der Waals surface area contributed by atoms with E-state index in [9.17, 15) is 14.7 Å². The van der Waals surface area contributed by atoms with Gasteiger partial charge in [0.15, 0.2) is 0 Å². The van der Waals surface area contributed by atoms with Gasteiger partial charge in [-0.05, 0) is 36.5 Å². The third-order valence-electron chi connectivity index (χ3n) is 5.51. The van der Waals surface area contributed by atoms with Gasteiger partial charge in [0, 0.05) is 19.5 Å². The summed E-state index contributed by atoms with van der Waals surface area (Å²) in [5, 5.41) is 9.22. The van der Waals surface area contributed by atoms with Crippen LogP contribution in [0.5, 0.6) is 0 Å². The normalized spacial score (nSPS) is 32.7. The second-order valence-corrected chi connectivity index (χ2v) is 7.81. The van der Waals surface area contributed by atoms with Gasteiger partial charge in [0.25, 0.3) is 0 Å². The molecule has 2 aliphatic rings. The zero-order chi connectivity index (χ0) is 15.6. The van der Waals surface area contributed by atoms with Crippen molar-refractivity contribution >= 4 is 11.9 Å². The van der Waals surface area contributed by atoms with Crippen molar-refractivity contribution in [2.45, 2.75) is 59.3 Å². The second-order valence-electron chi connectivity index (χ2n) is 7.81. The Morgan fingerprint density at radius 2 is 1.95 bits per heavy atom. The summed E-state index contributed by atoms with van der Waals surface area (Å²) in [6.07, 6.45) is 6.08. The van der Waals surface area contributed by atoms with Crippen molar-refractivity contribution in [3.05, 3.63) is 0 Å². The standard InChI is InChI=1S/C17H29NO3/c1-12-8-13(16(20)21)11-18(10-12)15(19)9-14-6-4-5-7-17(14,2)3/h12-14H,4-11H2,1-3H3,(H,20,21). The van der Waals surface area contributed by atoms with Crippen LogP contribution >= 0.6 is 0 Å². The summed E-state index contributed by atoms with van der Waals surface area (Å²) in [5.41, 5.74) is 0.238. The fourth-order valence-corrected chi connectivity index (χ4v) is 4.02. The number of carboxylic acids is 1. The summed E-state index contributed by atoms with van der Waals surface area (Å²) >= 11 is 0. The topological polar surface area (TPSA) is 57.6 Å². The van der Waals surface area contributed by atoms with Gasteiger partial charge >= 0.3 is 5.97 Å². The molecule has 1 aliphatic carbocycles. The number of likely N-dealkylation sites (tertiary alicyclic amines) is 1. The second kappa shape index (κ2) is 6.37. The van der Waals surface area contributed by atoms with E-state index >= 15 is 0 Å². The molecule has 120 valence electrons. The van der Waals surface area contributed by atoms with Crippen molar-refractivity contribution in [3.8, 4) is 0 Å². The molecule has 4 heteroatoms. The fourth-order valence-electron chi connectivity index (χ4n) is 4.02. The molecule has 3 atom stereocenters. The van der Waals surface area contributed by atoms with E-state index in [-0.39, 0.29) is 17.2 Å². The van der Waals surface area contributed by atoms with Crippen LogP contribution in [0.4, 0.5) is 0 Å². The van der Waals surface area contributed by atoms with Crippen LogP contribution < -0.4 is 0 Å². The molecule has 3 unspecified atom stereocenters. The van der Waals surface area contributed by atoms with Gasteiger partial charge in [-0.25, -0.2) is 0 Å². The van der Waals surface area contributed by atoms with E-state index in [1.165, 1.54) is 19.3 Å². The first-order valence-electron chi connectivity index (χ1n) is 8.30. The van der Waals surface area contributed by atoms with Crippen molar-refractivity contribution in [3.63, 3.8) is 0 Å².